The van der Waals surface area contributed by atoms with Crippen molar-refractivity contribution in [3.05, 3.63) is 44.1 Å². The number of aryl methyl sites for hydroxylation is 1. The Morgan fingerprint density at radius 1 is 1.29 bits per heavy atom. The Morgan fingerprint density at radius 3 is 2.57 bits per heavy atom. The zero-order valence-electron chi connectivity index (χ0n) is 12.9. The Kier molecular flexibility index (Phi) is 5.63. The lowest BCUT2D eigenvalue weighted by atomic mass is 10.1. The minimum atomic E-state index is 0.278. The molecule has 0 saturated carbocycles. The van der Waals surface area contributed by atoms with Crippen molar-refractivity contribution < 1.29 is 0 Å². The van der Waals surface area contributed by atoms with Gasteiger partial charge in [-0.25, -0.2) is 4.68 Å². The highest BCUT2D eigenvalue weighted by atomic mass is 79.9. The van der Waals surface area contributed by atoms with Crippen LogP contribution in [-0.4, -0.2) is 16.3 Å². The van der Waals surface area contributed by atoms with Crippen LogP contribution in [0.1, 0.15) is 43.3 Å². The molecule has 5 heteroatoms. The predicted molar refractivity (Wildman–Crippen MR) is 95.1 cm³/mol. The Hall–Kier alpha value is -0.650. The Morgan fingerprint density at radius 2 is 2.00 bits per heavy atom. The molecule has 2 aromatic rings. The van der Waals surface area contributed by atoms with Gasteiger partial charge < -0.3 is 5.32 Å². The van der Waals surface area contributed by atoms with Crippen molar-refractivity contribution in [1.82, 2.24) is 15.1 Å². The van der Waals surface area contributed by atoms with Gasteiger partial charge in [-0.3, -0.25) is 0 Å². The van der Waals surface area contributed by atoms with Gasteiger partial charge in [-0.05, 0) is 73.4 Å². The fraction of sp³-hybridized carbons (Fsp3) is 0.438. The molecule has 0 fully saturated rings. The standard InChI is InChI=1S/C16H21Br2N3/c1-5-8-19-10(2)14-9-13(17)6-7-15(14)21-12(4)16(18)11(3)20-21/h6-7,9-10,19H,5,8H2,1-4H3. The maximum absolute atomic E-state index is 4.66. The van der Waals surface area contributed by atoms with Crippen LogP contribution >= 0.6 is 31.9 Å². The first-order valence-electron chi connectivity index (χ1n) is 7.20. The smallest absolute Gasteiger partial charge is 0.0743 e. The molecule has 0 aliphatic heterocycles. The number of rotatable bonds is 5. The van der Waals surface area contributed by atoms with E-state index in [0.29, 0.717) is 0 Å². The van der Waals surface area contributed by atoms with E-state index in [2.05, 4.69) is 81.2 Å². The minimum absolute atomic E-state index is 0.278. The number of aromatic nitrogens is 2. The molecule has 114 valence electrons. The average Bonchev–Trinajstić information content (AvgIpc) is 2.72. The van der Waals surface area contributed by atoms with Crippen LogP contribution in [0.3, 0.4) is 0 Å². The highest BCUT2D eigenvalue weighted by Gasteiger charge is 2.16. The normalized spacial score (nSPS) is 12.7. The summed E-state index contributed by atoms with van der Waals surface area (Å²) in [6.07, 6.45) is 1.12. The zero-order valence-corrected chi connectivity index (χ0v) is 16.0. The quantitative estimate of drug-likeness (QED) is 0.739. The molecule has 3 nitrogen and oxygen atoms in total. The molecule has 2 rings (SSSR count). The summed E-state index contributed by atoms with van der Waals surface area (Å²) >= 11 is 7.18. The predicted octanol–water partition coefficient (Wildman–Crippen LogP) is 5.07. The molecule has 1 unspecified atom stereocenters. The van der Waals surface area contributed by atoms with Gasteiger partial charge in [0.25, 0.3) is 0 Å². The molecule has 0 aliphatic rings. The van der Waals surface area contributed by atoms with E-state index in [4.69, 9.17) is 0 Å². The largest absolute Gasteiger partial charge is 0.310 e. The van der Waals surface area contributed by atoms with E-state index in [-0.39, 0.29) is 6.04 Å². The molecule has 1 atom stereocenters. The van der Waals surface area contributed by atoms with E-state index in [1.807, 2.05) is 11.6 Å². The molecule has 0 bridgehead atoms. The lowest BCUT2D eigenvalue weighted by molar-refractivity contribution is 0.566. The number of benzene rings is 1. The van der Waals surface area contributed by atoms with Crippen molar-refractivity contribution >= 4 is 31.9 Å². The van der Waals surface area contributed by atoms with Crippen LogP contribution in [0.4, 0.5) is 0 Å². The summed E-state index contributed by atoms with van der Waals surface area (Å²) < 4.78 is 4.18. The van der Waals surface area contributed by atoms with Crippen LogP contribution < -0.4 is 5.32 Å². The van der Waals surface area contributed by atoms with Crippen LogP contribution in [0.5, 0.6) is 0 Å². The second-order valence-corrected chi connectivity index (χ2v) is 6.98. The summed E-state index contributed by atoms with van der Waals surface area (Å²) in [5.41, 5.74) is 4.51. The molecule has 21 heavy (non-hydrogen) atoms. The first-order chi connectivity index (χ1) is 9.95. The van der Waals surface area contributed by atoms with Crippen molar-refractivity contribution in [3.63, 3.8) is 0 Å². The van der Waals surface area contributed by atoms with Gasteiger partial charge in [0, 0.05) is 10.5 Å². The zero-order chi connectivity index (χ0) is 15.6. The van der Waals surface area contributed by atoms with E-state index in [9.17, 15) is 0 Å². The summed E-state index contributed by atoms with van der Waals surface area (Å²) in [5.74, 6) is 0. The SMILES string of the molecule is CCCNC(C)c1cc(Br)ccc1-n1nc(C)c(Br)c1C. The minimum Gasteiger partial charge on any atom is -0.310 e. The molecular formula is C16H21Br2N3. The fourth-order valence-corrected chi connectivity index (χ4v) is 3.02. The molecule has 1 heterocycles. The second-order valence-electron chi connectivity index (χ2n) is 5.28. The topological polar surface area (TPSA) is 29.9 Å². The number of halogens is 2. The Balaban J connectivity index is 2.50. The fourth-order valence-electron chi connectivity index (χ4n) is 2.39. The summed E-state index contributed by atoms with van der Waals surface area (Å²) in [5, 5.41) is 8.21. The molecule has 0 amide bonds. The van der Waals surface area contributed by atoms with E-state index in [1.54, 1.807) is 0 Å². The van der Waals surface area contributed by atoms with Gasteiger partial charge in [-0.1, -0.05) is 22.9 Å². The third kappa shape index (κ3) is 3.58. The maximum atomic E-state index is 4.66. The first-order valence-corrected chi connectivity index (χ1v) is 8.79. The van der Waals surface area contributed by atoms with Crippen molar-refractivity contribution in [3.8, 4) is 5.69 Å². The Labute approximate surface area is 143 Å². The Bertz CT molecular complexity index is 635. The van der Waals surface area contributed by atoms with E-state index >= 15 is 0 Å². The van der Waals surface area contributed by atoms with E-state index in [1.165, 1.54) is 5.56 Å². The van der Waals surface area contributed by atoms with Crippen LogP contribution in [-0.2, 0) is 0 Å². The summed E-state index contributed by atoms with van der Waals surface area (Å²) in [4.78, 5) is 0. The van der Waals surface area contributed by atoms with Gasteiger partial charge in [0.2, 0.25) is 0 Å². The van der Waals surface area contributed by atoms with Gasteiger partial charge in [0.15, 0.2) is 0 Å². The van der Waals surface area contributed by atoms with Crippen molar-refractivity contribution in [1.29, 1.82) is 0 Å². The summed E-state index contributed by atoms with van der Waals surface area (Å²) in [6, 6.07) is 6.64. The monoisotopic (exact) mass is 413 g/mol. The van der Waals surface area contributed by atoms with Crippen molar-refractivity contribution in [2.45, 2.75) is 40.2 Å². The van der Waals surface area contributed by atoms with Crippen LogP contribution in [0.15, 0.2) is 27.1 Å². The maximum Gasteiger partial charge on any atom is 0.0743 e. The third-order valence-electron chi connectivity index (χ3n) is 3.59. The number of hydrogen-bond donors (Lipinski definition) is 1. The van der Waals surface area contributed by atoms with Gasteiger partial charge in [0.05, 0.1) is 21.5 Å². The summed E-state index contributed by atoms with van der Waals surface area (Å²) in [6.45, 7) is 9.49. The van der Waals surface area contributed by atoms with Gasteiger partial charge >= 0.3 is 0 Å². The second kappa shape index (κ2) is 7.07. The highest BCUT2D eigenvalue weighted by Crippen LogP contribution is 2.29. The summed E-state index contributed by atoms with van der Waals surface area (Å²) in [7, 11) is 0. The van der Waals surface area contributed by atoms with E-state index in [0.717, 1.165) is 39.0 Å². The average molecular weight is 415 g/mol. The molecular weight excluding hydrogens is 394 g/mol. The lowest BCUT2D eigenvalue weighted by Gasteiger charge is -2.19. The molecule has 0 saturated heterocycles. The molecule has 1 aromatic carbocycles. The molecule has 0 radical (unpaired) electrons. The molecule has 0 aliphatic carbocycles. The van der Waals surface area contributed by atoms with Gasteiger partial charge in [-0.15, -0.1) is 0 Å². The highest BCUT2D eigenvalue weighted by molar-refractivity contribution is 9.10. The molecule has 1 N–H and O–H groups in total. The number of hydrogen-bond acceptors (Lipinski definition) is 2. The number of nitrogens with zero attached hydrogens (tertiary/aromatic N) is 2. The van der Waals surface area contributed by atoms with Gasteiger partial charge in [0.1, 0.15) is 0 Å². The molecule has 0 spiro atoms. The molecule has 1 aromatic heterocycles. The van der Waals surface area contributed by atoms with Crippen LogP contribution in [0, 0.1) is 13.8 Å². The third-order valence-corrected chi connectivity index (χ3v) is 5.23. The number of nitrogens with one attached hydrogen (secondary N) is 1. The van der Waals surface area contributed by atoms with Crippen molar-refractivity contribution in [2.75, 3.05) is 6.54 Å². The first kappa shape index (κ1) is 16.7. The lowest BCUT2D eigenvalue weighted by Crippen LogP contribution is -2.21. The van der Waals surface area contributed by atoms with Crippen LogP contribution in [0.25, 0.3) is 5.69 Å². The van der Waals surface area contributed by atoms with Gasteiger partial charge in [-0.2, -0.15) is 5.10 Å². The van der Waals surface area contributed by atoms with E-state index < -0.39 is 0 Å². The van der Waals surface area contributed by atoms with Crippen molar-refractivity contribution in [2.24, 2.45) is 0 Å². The van der Waals surface area contributed by atoms with Crippen LogP contribution in [0.2, 0.25) is 0 Å².